The van der Waals surface area contributed by atoms with Gasteiger partial charge in [-0.05, 0) is 19.4 Å². The Kier molecular flexibility index (Phi) is 3.02. The second kappa shape index (κ2) is 4.85. The van der Waals surface area contributed by atoms with Crippen LogP contribution in [0.2, 0.25) is 0 Å². The summed E-state index contributed by atoms with van der Waals surface area (Å²) in [5.41, 5.74) is 3.50. The van der Waals surface area contributed by atoms with E-state index in [1.807, 2.05) is 38.1 Å². The fourth-order valence-corrected chi connectivity index (χ4v) is 2.43. The van der Waals surface area contributed by atoms with Gasteiger partial charge >= 0.3 is 0 Å². The Morgan fingerprint density at radius 1 is 1.35 bits per heavy atom. The summed E-state index contributed by atoms with van der Waals surface area (Å²) in [6, 6.07) is 7.79. The van der Waals surface area contributed by atoms with Crippen molar-refractivity contribution in [3.05, 3.63) is 47.3 Å². The average molecular weight is 268 g/mol. The first-order valence-electron chi connectivity index (χ1n) is 6.61. The van der Waals surface area contributed by atoms with Crippen LogP contribution in [0.4, 0.5) is 5.82 Å². The van der Waals surface area contributed by atoms with E-state index in [0.29, 0.717) is 11.4 Å². The van der Waals surface area contributed by atoms with Crippen LogP contribution in [0, 0.1) is 6.92 Å². The number of aryl methyl sites for hydroxylation is 2. The zero-order valence-corrected chi connectivity index (χ0v) is 11.4. The van der Waals surface area contributed by atoms with Crippen LogP contribution in [-0.4, -0.2) is 21.1 Å². The van der Waals surface area contributed by atoms with Crippen molar-refractivity contribution >= 4 is 22.6 Å². The van der Waals surface area contributed by atoms with E-state index >= 15 is 0 Å². The number of aromatic amines is 2. The molecule has 3 rings (SSSR count). The van der Waals surface area contributed by atoms with Crippen LogP contribution in [0.1, 0.15) is 28.5 Å². The van der Waals surface area contributed by atoms with E-state index in [0.717, 1.165) is 28.6 Å². The van der Waals surface area contributed by atoms with Crippen molar-refractivity contribution in [3.8, 4) is 0 Å². The number of carbonyl (C=O) groups excluding carboxylic acids is 1. The quantitative estimate of drug-likeness (QED) is 0.683. The number of carbonyl (C=O) groups is 1. The third-order valence-corrected chi connectivity index (χ3v) is 3.46. The molecular weight excluding hydrogens is 252 g/mol. The van der Waals surface area contributed by atoms with Crippen molar-refractivity contribution in [2.75, 3.05) is 5.32 Å². The number of nitrogens with zero attached hydrogens (tertiary/aromatic N) is 1. The predicted molar refractivity (Wildman–Crippen MR) is 79.0 cm³/mol. The number of H-pyrrole nitrogens is 2. The summed E-state index contributed by atoms with van der Waals surface area (Å²) in [5.74, 6) is 0.543. The smallest absolute Gasteiger partial charge is 0.259 e. The largest absolute Gasteiger partial charge is 0.358 e. The molecule has 2 heterocycles. The molecule has 0 saturated carbocycles. The van der Waals surface area contributed by atoms with Crippen molar-refractivity contribution < 1.29 is 4.79 Å². The van der Waals surface area contributed by atoms with Gasteiger partial charge in [-0.1, -0.05) is 25.1 Å². The molecule has 1 aromatic carbocycles. The zero-order chi connectivity index (χ0) is 14.1. The Hall–Kier alpha value is -2.56. The Bertz CT molecular complexity index is 769. The summed E-state index contributed by atoms with van der Waals surface area (Å²) < 4.78 is 0. The van der Waals surface area contributed by atoms with Crippen LogP contribution in [0.5, 0.6) is 0 Å². The van der Waals surface area contributed by atoms with E-state index in [1.54, 1.807) is 6.20 Å². The molecule has 0 atom stereocenters. The van der Waals surface area contributed by atoms with Gasteiger partial charge in [0.2, 0.25) is 0 Å². The van der Waals surface area contributed by atoms with Crippen molar-refractivity contribution in [2.24, 2.45) is 0 Å². The lowest BCUT2D eigenvalue weighted by Gasteiger charge is -2.05. The summed E-state index contributed by atoms with van der Waals surface area (Å²) >= 11 is 0. The molecule has 0 bridgehead atoms. The van der Waals surface area contributed by atoms with Crippen molar-refractivity contribution in [1.29, 1.82) is 0 Å². The van der Waals surface area contributed by atoms with Crippen molar-refractivity contribution in [1.82, 2.24) is 15.2 Å². The number of rotatable bonds is 3. The molecule has 20 heavy (non-hydrogen) atoms. The Morgan fingerprint density at radius 3 is 2.95 bits per heavy atom. The van der Waals surface area contributed by atoms with E-state index in [1.165, 1.54) is 0 Å². The van der Waals surface area contributed by atoms with Crippen LogP contribution in [-0.2, 0) is 6.42 Å². The maximum absolute atomic E-state index is 12.5. The number of para-hydroxylation sites is 1. The third-order valence-electron chi connectivity index (χ3n) is 3.46. The number of benzene rings is 1. The average Bonchev–Trinajstić information content (AvgIpc) is 3.01. The molecule has 0 fully saturated rings. The second-order valence-electron chi connectivity index (χ2n) is 4.75. The summed E-state index contributed by atoms with van der Waals surface area (Å²) in [5, 5.41) is 10.6. The lowest BCUT2D eigenvalue weighted by molar-refractivity contribution is 0.102. The second-order valence-corrected chi connectivity index (χ2v) is 4.75. The normalized spacial score (nSPS) is 10.9. The van der Waals surface area contributed by atoms with Gasteiger partial charge in [-0.25, -0.2) is 0 Å². The predicted octanol–water partition coefficient (Wildman–Crippen LogP) is 3.01. The first-order valence-corrected chi connectivity index (χ1v) is 6.61. The van der Waals surface area contributed by atoms with Gasteiger partial charge < -0.3 is 10.3 Å². The van der Waals surface area contributed by atoms with Gasteiger partial charge in [0.15, 0.2) is 0 Å². The number of nitrogens with one attached hydrogen (secondary N) is 3. The first kappa shape index (κ1) is 12.5. The highest BCUT2D eigenvalue weighted by Crippen LogP contribution is 2.23. The Morgan fingerprint density at radius 2 is 2.15 bits per heavy atom. The number of hydrogen-bond donors (Lipinski definition) is 3. The molecular formula is C15H16N4O. The standard InChI is InChI=1S/C15H16N4O/c1-3-10-8-16-19-14(10)18-15(20)13-9(2)17-12-7-5-4-6-11(12)13/h4-8,17H,3H2,1-2H3,(H2,16,18,19,20). The highest BCUT2D eigenvalue weighted by atomic mass is 16.1. The fraction of sp³-hybridized carbons (Fsp3) is 0.200. The summed E-state index contributed by atoms with van der Waals surface area (Å²) in [4.78, 5) is 15.7. The molecule has 2 aromatic heterocycles. The van der Waals surface area contributed by atoms with Gasteiger partial charge in [0.05, 0.1) is 11.8 Å². The molecule has 1 amide bonds. The van der Waals surface area contributed by atoms with Crippen LogP contribution >= 0.6 is 0 Å². The van der Waals surface area contributed by atoms with Crippen LogP contribution in [0.3, 0.4) is 0 Å². The maximum Gasteiger partial charge on any atom is 0.259 e. The van der Waals surface area contributed by atoms with Crippen LogP contribution in [0.15, 0.2) is 30.5 Å². The molecule has 102 valence electrons. The topological polar surface area (TPSA) is 73.6 Å². The van der Waals surface area contributed by atoms with E-state index in [2.05, 4.69) is 20.5 Å². The molecule has 0 saturated heterocycles. The fourth-order valence-electron chi connectivity index (χ4n) is 2.43. The monoisotopic (exact) mass is 268 g/mol. The lowest BCUT2D eigenvalue weighted by Crippen LogP contribution is -2.14. The minimum Gasteiger partial charge on any atom is -0.358 e. The molecule has 0 aliphatic carbocycles. The lowest BCUT2D eigenvalue weighted by atomic mass is 10.1. The van der Waals surface area contributed by atoms with Gasteiger partial charge in [-0.15, -0.1) is 0 Å². The Balaban J connectivity index is 1.99. The van der Waals surface area contributed by atoms with Gasteiger partial charge in [-0.2, -0.15) is 5.10 Å². The van der Waals surface area contributed by atoms with E-state index in [9.17, 15) is 4.79 Å². The molecule has 3 aromatic rings. The molecule has 3 N–H and O–H groups in total. The van der Waals surface area contributed by atoms with Gasteiger partial charge in [0.1, 0.15) is 5.82 Å². The van der Waals surface area contributed by atoms with Gasteiger partial charge in [-0.3, -0.25) is 9.89 Å². The Labute approximate surface area is 116 Å². The maximum atomic E-state index is 12.5. The van der Waals surface area contributed by atoms with Crippen LogP contribution < -0.4 is 5.32 Å². The van der Waals surface area contributed by atoms with Gasteiger partial charge in [0, 0.05) is 22.2 Å². The van der Waals surface area contributed by atoms with E-state index < -0.39 is 0 Å². The number of anilines is 1. The first-order chi connectivity index (χ1) is 9.70. The zero-order valence-electron chi connectivity index (χ0n) is 11.4. The minimum atomic E-state index is -0.126. The summed E-state index contributed by atoms with van der Waals surface area (Å²) in [6.07, 6.45) is 2.55. The molecule has 5 heteroatoms. The van der Waals surface area contributed by atoms with Crippen molar-refractivity contribution in [3.63, 3.8) is 0 Å². The molecule has 0 spiro atoms. The van der Waals surface area contributed by atoms with Crippen LogP contribution in [0.25, 0.3) is 10.9 Å². The summed E-state index contributed by atoms with van der Waals surface area (Å²) in [7, 11) is 0. The number of fused-ring (bicyclic) bond motifs is 1. The van der Waals surface area contributed by atoms with E-state index in [4.69, 9.17) is 0 Å². The number of hydrogen-bond acceptors (Lipinski definition) is 2. The molecule has 0 aliphatic heterocycles. The number of aromatic nitrogens is 3. The molecule has 5 nitrogen and oxygen atoms in total. The van der Waals surface area contributed by atoms with E-state index in [-0.39, 0.29) is 5.91 Å². The minimum absolute atomic E-state index is 0.126. The molecule has 0 aliphatic rings. The third kappa shape index (κ3) is 1.97. The summed E-state index contributed by atoms with van der Waals surface area (Å²) in [6.45, 7) is 3.93. The SMILES string of the molecule is CCc1cn[nH]c1NC(=O)c1c(C)[nH]c2ccccc12. The number of amides is 1. The highest BCUT2D eigenvalue weighted by molar-refractivity contribution is 6.13. The molecule has 0 radical (unpaired) electrons. The van der Waals surface area contributed by atoms with Gasteiger partial charge in [0.25, 0.3) is 5.91 Å². The molecule has 0 unspecified atom stereocenters. The van der Waals surface area contributed by atoms with Crippen molar-refractivity contribution in [2.45, 2.75) is 20.3 Å². The highest BCUT2D eigenvalue weighted by Gasteiger charge is 2.17.